The van der Waals surface area contributed by atoms with Crippen molar-refractivity contribution in [2.75, 3.05) is 0 Å². The lowest BCUT2D eigenvalue weighted by Gasteiger charge is -2.08. The average Bonchev–Trinajstić information content (AvgIpc) is 2.73. The fourth-order valence-electron chi connectivity index (χ4n) is 1.77. The fraction of sp³-hybridized carbons (Fsp3) is 0.364. The minimum Gasteiger partial charge on any atom is -0.324 e. The van der Waals surface area contributed by atoms with Crippen LogP contribution in [0, 0.1) is 6.92 Å². The second-order valence-electron chi connectivity index (χ2n) is 3.89. The predicted molar refractivity (Wildman–Crippen MR) is 70.6 cm³/mol. The number of nitrogens with zero attached hydrogens (tertiary/aromatic N) is 2. The number of halogens is 1. The van der Waals surface area contributed by atoms with Gasteiger partial charge in [0.1, 0.15) is 0 Å². The standard InChI is InChI=1S/C11H14BrN3S/c1-7-10(5-15(2)14-7)11(13)4-9-3-8(12)6-16-9/h3,5-6,11H,4,13H2,1-2H3. The number of aryl methyl sites for hydroxylation is 2. The first-order chi connectivity index (χ1) is 7.56. The van der Waals surface area contributed by atoms with E-state index in [2.05, 4.69) is 32.5 Å². The Labute approximate surface area is 107 Å². The summed E-state index contributed by atoms with van der Waals surface area (Å²) in [5, 5.41) is 6.39. The maximum absolute atomic E-state index is 6.19. The predicted octanol–water partition coefficient (Wildman–Crippen LogP) is 2.80. The topological polar surface area (TPSA) is 43.8 Å². The van der Waals surface area contributed by atoms with Gasteiger partial charge in [-0.2, -0.15) is 5.10 Å². The van der Waals surface area contributed by atoms with Crippen LogP contribution >= 0.6 is 27.3 Å². The van der Waals surface area contributed by atoms with Crippen molar-refractivity contribution in [1.29, 1.82) is 0 Å². The third kappa shape index (κ3) is 2.53. The van der Waals surface area contributed by atoms with Crippen molar-refractivity contribution in [3.8, 4) is 0 Å². The molecule has 0 aromatic carbocycles. The van der Waals surface area contributed by atoms with Gasteiger partial charge in [0.15, 0.2) is 0 Å². The number of hydrogen-bond acceptors (Lipinski definition) is 3. The minimum atomic E-state index is 0.0271. The van der Waals surface area contributed by atoms with Gasteiger partial charge in [0, 0.05) is 46.0 Å². The van der Waals surface area contributed by atoms with Gasteiger partial charge in [-0.1, -0.05) is 0 Å². The lowest BCUT2D eigenvalue weighted by molar-refractivity contribution is 0.722. The van der Waals surface area contributed by atoms with Gasteiger partial charge in [0.2, 0.25) is 0 Å². The second-order valence-corrected chi connectivity index (χ2v) is 5.80. The van der Waals surface area contributed by atoms with Crippen LogP contribution in [0.25, 0.3) is 0 Å². The molecule has 16 heavy (non-hydrogen) atoms. The summed E-state index contributed by atoms with van der Waals surface area (Å²) in [6.07, 6.45) is 2.87. The zero-order valence-corrected chi connectivity index (χ0v) is 11.7. The molecule has 0 fully saturated rings. The Bertz CT molecular complexity index is 489. The number of aromatic nitrogens is 2. The van der Waals surface area contributed by atoms with Crippen molar-refractivity contribution in [2.45, 2.75) is 19.4 Å². The molecular formula is C11H14BrN3S. The Hall–Kier alpha value is -0.650. The summed E-state index contributed by atoms with van der Waals surface area (Å²) in [6.45, 7) is 2.00. The SMILES string of the molecule is Cc1nn(C)cc1C(N)Cc1cc(Br)cs1. The lowest BCUT2D eigenvalue weighted by atomic mass is 10.1. The Morgan fingerprint density at radius 3 is 2.88 bits per heavy atom. The van der Waals surface area contributed by atoms with Crippen LogP contribution in [0.5, 0.6) is 0 Å². The van der Waals surface area contributed by atoms with E-state index >= 15 is 0 Å². The fourth-order valence-corrected chi connectivity index (χ4v) is 3.28. The van der Waals surface area contributed by atoms with E-state index in [0.29, 0.717) is 0 Å². The van der Waals surface area contributed by atoms with E-state index in [1.54, 1.807) is 11.3 Å². The molecule has 0 bridgehead atoms. The third-order valence-electron chi connectivity index (χ3n) is 2.49. The molecule has 2 rings (SSSR count). The van der Waals surface area contributed by atoms with Crippen LogP contribution in [0.4, 0.5) is 0 Å². The van der Waals surface area contributed by atoms with Crippen molar-refractivity contribution in [3.05, 3.63) is 38.3 Å². The monoisotopic (exact) mass is 299 g/mol. The zero-order valence-electron chi connectivity index (χ0n) is 9.27. The Balaban J connectivity index is 2.14. The first kappa shape index (κ1) is 11.8. The van der Waals surface area contributed by atoms with Gasteiger partial charge in [-0.3, -0.25) is 4.68 Å². The normalized spacial score (nSPS) is 13.0. The van der Waals surface area contributed by atoms with Gasteiger partial charge in [0.05, 0.1) is 5.69 Å². The van der Waals surface area contributed by atoms with Crippen molar-refractivity contribution in [3.63, 3.8) is 0 Å². The summed E-state index contributed by atoms with van der Waals surface area (Å²) in [5.74, 6) is 0. The molecule has 0 radical (unpaired) electrons. The molecule has 2 heterocycles. The van der Waals surface area contributed by atoms with E-state index in [0.717, 1.165) is 22.2 Å². The first-order valence-corrected chi connectivity index (χ1v) is 6.72. The second kappa shape index (κ2) is 4.69. The molecule has 0 saturated heterocycles. The van der Waals surface area contributed by atoms with Crippen LogP contribution in [0.3, 0.4) is 0 Å². The van der Waals surface area contributed by atoms with Crippen LogP contribution in [0.2, 0.25) is 0 Å². The smallest absolute Gasteiger partial charge is 0.0641 e. The molecule has 2 aromatic rings. The Morgan fingerprint density at radius 1 is 1.62 bits per heavy atom. The van der Waals surface area contributed by atoms with Gasteiger partial charge in [0.25, 0.3) is 0 Å². The van der Waals surface area contributed by atoms with E-state index < -0.39 is 0 Å². The van der Waals surface area contributed by atoms with Gasteiger partial charge in [-0.25, -0.2) is 0 Å². The van der Waals surface area contributed by atoms with Gasteiger partial charge in [-0.15, -0.1) is 11.3 Å². The number of hydrogen-bond donors (Lipinski definition) is 1. The van der Waals surface area contributed by atoms with Crippen molar-refractivity contribution < 1.29 is 0 Å². The zero-order chi connectivity index (χ0) is 11.7. The third-order valence-corrected chi connectivity index (χ3v) is 4.21. The quantitative estimate of drug-likeness (QED) is 0.947. The molecule has 0 aliphatic heterocycles. The van der Waals surface area contributed by atoms with Crippen molar-refractivity contribution >= 4 is 27.3 Å². The molecule has 0 amide bonds. The van der Waals surface area contributed by atoms with E-state index in [9.17, 15) is 0 Å². The summed E-state index contributed by atoms with van der Waals surface area (Å²) in [6, 6.07) is 2.15. The molecule has 0 aliphatic carbocycles. The highest BCUT2D eigenvalue weighted by molar-refractivity contribution is 9.10. The average molecular weight is 300 g/mol. The number of nitrogens with two attached hydrogens (primary N) is 1. The van der Waals surface area contributed by atoms with Gasteiger partial charge >= 0.3 is 0 Å². The molecule has 1 atom stereocenters. The van der Waals surface area contributed by atoms with E-state index in [1.807, 2.05) is 24.9 Å². The summed E-state index contributed by atoms with van der Waals surface area (Å²) < 4.78 is 2.94. The largest absolute Gasteiger partial charge is 0.324 e. The summed E-state index contributed by atoms with van der Waals surface area (Å²) >= 11 is 5.18. The highest BCUT2D eigenvalue weighted by atomic mass is 79.9. The number of rotatable bonds is 3. The van der Waals surface area contributed by atoms with Gasteiger partial charge in [-0.05, 0) is 28.9 Å². The van der Waals surface area contributed by atoms with E-state index in [-0.39, 0.29) is 6.04 Å². The van der Waals surface area contributed by atoms with E-state index in [4.69, 9.17) is 5.73 Å². The molecule has 0 aliphatic rings. The maximum Gasteiger partial charge on any atom is 0.0641 e. The van der Waals surface area contributed by atoms with Crippen molar-refractivity contribution in [1.82, 2.24) is 9.78 Å². The van der Waals surface area contributed by atoms with Crippen LogP contribution in [0.15, 0.2) is 22.1 Å². The molecule has 3 nitrogen and oxygen atoms in total. The molecule has 2 aromatic heterocycles. The molecule has 86 valence electrons. The molecule has 1 unspecified atom stereocenters. The Kier molecular flexibility index (Phi) is 3.47. The van der Waals surface area contributed by atoms with Crippen LogP contribution in [0.1, 0.15) is 22.2 Å². The summed E-state index contributed by atoms with van der Waals surface area (Å²) in [7, 11) is 1.92. The molecule has 0 spiro atoms. The van der Waals surface area contributed by atoms with Crippen molar-refractivity contribution in [2.24, 2.45) is 12.8 Å². The van der Waals surface area contributed by atoms with Crippen LogP contribution in [-0.2, 0) is 13.5 Å². The van der Waals surface area contributed by atoms with Crippen LogP contribution in [-0.4, -0.2) is 9.78 Å². The Morgan fingerprint density at radius 2 is 2.38 bits per heavy atom. The highest BCUT2D eigenvalue weighted by Gasteiger charge is 2.13. The first-order valence-electron chi connectivity index (χ1n) is 5.05. The highest BCUT2D eigenvalue weighted by Crippen LogP contribution is 2.25. The molecule has 2 N–H and O–H groups in total. The van der Waals surface area contributed by atoms with E-state index in [1.165, 1.54) is 4.88 Å². The molecule has 0 saturated carbocycles. The molecule has 5 heteroatoms. The minimum absolute atomic E-state index is 0.0271. The van der Waals surface area contributed by atoms with Gasteiger partial charge < -0.3 is 5.73 Å². The van der Waals surface area contributed by atoms with Crippen LogP contribution < -0.4 is 5.73 Å². The number of thiophene rings is 1. The lowest BCUT2D eigenvalue weighted by Crippen LogP contribution is -2.13. The maximum atomic E-state index is 6.19. The molecular weight excluding hydrogens is 286 g/mol. The summed E-state index contributed by atoms with van der Waals surface area (Å²) in [5.41, 5.74) is 8.34. The summed E-state index contributed by atoms with van der Waals surface area (Å²) in [4.78, 5) is 1.29.